The van der Waals surface area contributed by atoms with Gasteiger partial charge in [-0.3, -0.25) is 9.59 Å². The Morgan fingerprint density at radius 3 is 2.63 bits per heavy atom. The van der Waals surface area contributed by atoms with Gasteiger partial charge in [-0.25, -0.2) is 13.9 Å². The quantitative estimate of drug-likeness (QED) is 0.115. The molecule has 3 heterocycles. The molecule has 1 saturated carbocycles. The highest BCUT2D eigenvalue weighted by Crippen LogP contribution is 2.39. The van der Waals surface area contributed by atoms with Crippen molar-refractivity contribution < 1.29 is 28.4 Å². The maximum atomic E-state index is 13.5. The highest BCUT2D eigenvalue weighted by molar-refractivity contribution is 8.00. The van der Waals surface area contributed by atoms with E-state index in [0.29, 0.717) is 53.6 Å². The zero-order chi connectivity index (χ0) is 32.4. The van der Waals surface area contributed by atoms with Crippen molar-refractivity contribution in [3.8, 4) is 17.1 Å². The average Bonchev–Trinajstić information content (AvgIpc) is 3.66. The van der Waals surface area contributed by atoms with E-state index in [2.05, 4.69) is 36.7 Å². The number of ether oxygens (including phenoxy) is 2. The minimum atomic E-state index is -0.238. The van der Waals surface area contributed by atoms with Crippen LogP contribution in [0.4, 0.5) is 0 Å². The van der Waals surface area contributed by atoms with Crippen LogP contribution in [0.5, 0.6) is 5.75 Å². The normalized spacial score (nSPS) is 25.9. The topological polar surface area (TPSA) is 90.5 Å². The lowest BCUT2D eigenvalue weighted by molar-refractivity contribution is -0.634. The molecule has 1 aromatic heterocycles. The lowest BCUT2D eigenvalue weighted by Crippen LogP contribution is -2.37. The number of nitrogens with zero attached hydrogens (tertiary/aromatic N) is 2. The number of aryl methyl sites for hydroxylation is 1. The summed E-state index contributed by atoms with van der Waals surface area (Å²) >= 11 is 1.95. The zero-order valence-electron chi connectivity index (χ0n) is 27.6. The monoisotopic (exact) mass is 646 g/mol. The summed E-state index contributed by atoms with van der Waals surface area (Å²) in [6, 6.07) is 15.9. The number of rotatable bonds is 11. The summed E-state index contributed by atoms with van der Waals surface area (Å²) in [5, 5.41) is 3.58. The van der Waals surface area contributed by atoms with Crippen molar-refractivity contribution >= 4 is 40.6 Å². The van der Waals surface area contributed by atoms with Crippen LogP contribution in [-0.2, 0) is 32.7 Å². The number of unbranched alkanes of at least 4 members (excludes halogenated alkanes) is 1. The van der Waals surface area contributed by atoms with Crippen molar-refractivity contribution in [3.05, 3.63) is 48.5 Å². The van der Waals surface area contributed by atoms with E-state index >= 15 is 0 Å². The number of hydrogen-bond acceptors (Lipinski definition) is 6. The molecule has 1 amide bonds. The Morgan fingerprint density at radius 2 is 1.85 bits per heavy atom. The average molecular weight is 647 g/mol. The van der Waals surface area contributed by atoms with Crippen molar-refractivity contribution in [2.75, 3.05) is 5.75 Å². The maximum absolute atomic E-state index is 13.5. The molecule has 2 unspecified atom stereocenters. The molecule has 6 rings (SSSR count). The van der Waals surface area contributed by atoms with Gasteiger partial charge in [0.2, 0.25) is 5.91 Å². The molecule has 0 spiro atoms. The second-order valence-corrected chi connectivity index (χ2v) is 15.3. The van der Waals surface area contributed by atoms with E-state index in [0.717, 1.165) is 60.3 Å². The summed E-state index contributed by atoms with van der Waals surface area (Å²) in [7, 11) is 2.01. The summed E-state index contributed by atoms with van der Waals surface area (Å²) < 4.78 is 16.0. The summed E-state index contributed by atoms with van der Waals surface area (Å²) in [6.45, 7) is 6.82. The van der Waals surface area contributed by atoms with Crippen LogP contribution in [0, 0.1) is 23.7 Å². The molecule has 1 aliphatic carbocycles. The molecular weight excluding hydrogens is 598 g/mol. The fourth-order valence-corrected chi connectivity index (χ4v) is 9.50. The molecule has 3 fully saturated rings. The van der Waals surface area contributed by atoms with Crippen LogP contribution >= 0.6 is 11.8 Å². The van der Waals surface area contributed by atoms with Crippen molar-refractivity contribution in [2.24, 2.45) is 30.7 Å². The molecule has 2 aliphatic heterocycles. The van der Waals surface area contributed by atoms with E-state index in [9.17, 15) is 14.4 Å². The third-order valence-electron chi connectivity index (χ3n) is 10.3. The number of carbonyl (C=O) groups is 3. The van der Waals surface area contributed by atoms with Gasteiger partial charge in [0.15, 0.2) is 17.6 Å². The molecule has 9 heteroatoms. The molecule has 3 aromatic rings. The minimum absolute atomic E-state index is 0.0480. The van der Waals surface area contributed by atoms with Gasteiger partial charge in [0.1, 0.15) is 11.9 Å². The molecule has 0 radical (unpaired) electrons. The molecule has 246 valence electrons. The number of aromatic nitrogens is 2. The first-order chi connectivity index (χ1) is 22.2. The molecule has 46 heavy (non-hydrogen) atoms. The number of para-hydroxylation sites is 2. The van der Waals surface area contributed by atoms with Crippen molar-refractivity contribution in [2.45, 2.75) is 96.1 Å². The molecule has 3 aliphatic rings. The summed E-state index contributed by atoms with van der Waals surface area (Å²) in [4.78, 5) is 37.8. The smallest absolute Gasteiger partial charge is 0.348 e. The zero-order valence-corrected chi connectivity index (χ0v) is 28.4. The van der Waals surface area contributed by atoms with Gasteiger partial charge in [0.25, 0.3) is 5.82 Å². The largest absolute Gasteiger partial charge is 0.459 e. The molecule has 0 bridgehead atoms. The fourth-order valence-electron chi connectivity index (χ4n) is 7.85. The number of thioether (sulfide) groups is 1. The van der Waals surface area contributed by atoms with Gasteiger partial charge in [-0.05, 0) is 91.5 Å². The number of amides is 1. The second kappa shape index (κ2) is 14.2. The first-order valence-corrected chi connectivity index (χ1v) is 18.1. The Kier molecular flexibility index (Phi) is 10.1. The first kappa shape index (κ1) is 32.6. The second-order valence-electron chi connectivity index (χ2n) is 14.0. The maximum Gasteiger partial charge on any atom is 0.348 e. The molecule has 6 atom stereocenters. The minimum Gasteiger partial charge on any atom is -0.459 e. The van der Waals surface area contributed by atoms with Gasteiger partial charge in [-0.2, -0.15) is 11.8 Å². The Bertz CT molecular complexity index is 1570. The van der Waals surface area contributed by atoms with E-state index in [1.165, 1.54) is 6.42 Å². The Morgan fingerprint density at radius 1 is 1.07 bits per heavy atom. The Balaban J connectivity index is 1.08. The van der Waals surface area contributed by atoms with Crippen LogP contribution in [0.25, 0.3) is 22.4 Å². The van der Waals surface area contributed by atoms with Gasteiger partial charge in [-0.1, -0.05) is 45.7 Å². The predicted molar refractivity (Wildman–Crippen MR) is 180 cm³/mol. The lowest BCUT2D eigenvalue weighted by atomic mass is 9.75. The third-order valence-corrected chi connectivity index (χ3v) is 11.9. The number of imidazole rings is 1. The standard InChI is InChI=1S/C37H47N3O5S/c1-23(2)28-18-13-24(3)19-31(28)45-35(43)21-40-30-10-6-5-9-29(30)39(4)37(40)25-14-16-27(17-15-25)44-34(42)12-8-7-11-32-36-26(22-46-32)20-33(41)38-36/h5-6,9-10,14-17,23-24,26,28,31-32,36H,7-8,11-13,18-22H2,1-4H3/p+1/t24-,26-,28+,31?,32?,36-/m1/s1. The van der Waals surface area contributed by atoms with Crippen LogP contribution in [0.15, 0.2) is 48.5 Å². The van der Waals surface area contributed by atoms with Gasteiger partial charge >= 0.3 is 11.9 Å². The third kappa shape index (κ3) is 7.14. The number of esters is 2. The number of fused-ring (bicyclic) bond motifs is 2. The predicted octanol–water partition coefficient (Wildman–Crippen LogP) is 6.22. The first-order valence-electron chi connectivity index (χ1n) is 17.1. The Hall–Kier alpha value is -3.33. The molecule has 2 saturated heterocycles. The van der Waals surface area contributed by atoms with E-state index in [4.69, 9.17) is 9.47 Å². The summed E-state index contributed by atoms with van der Waals surface area (Å²) in [6.07, 6.45) is 6.89. The molecule has 1 N–H and O–H groups in total. The Labute approximate surface area is 276 Å². The highest BCUT2D eigenvalue weighted by Gasteiger charge is 2.42. The van der Waals surface area contributed by atoms with Gasteiger partial charge in [0, 0.05) is 24.1 Å². The van der Waals surface area contributed by atoms with Crippen molar-refractivity contribution in [3.63, 3.8) is 0 Å². The van der Waals surface area contributed by atoms with Crippen LogP contribution < -0.4 is 14.6 Å². The van der Waals surface area contributed by atoms with Crippen LogP contribution in [-0.4, -0.2) is 45.6 Å². The lowest BCUT2D eigenvalue weighted by Gasteiger charge is -2.36. The molecule has 8 nitrogen and oxygen atoms in total. The van der Waals surface area contributed by atoms with E-state index in [-0.39, 0.29) is 30.5 Å². The van der Waals surface area contributed by atoms with E-state index < -0.39 is 0 Å². The van der Waals surface area contributed by atoms with Crippen LogP contribution in [0.1, 0.15) is 72.1 Å². The number of nitrogens with one attached hydrogen (secondary N) is 1. The fraction of sp³-hybridized carbons (Fsp3) is 0.568. The summed E-state index contributed by atoms with van der Waals surface area (Å²) in [5.74, 6) is 4.06. The highest BCUT2D eigenvalue weighted by atomic mass is 32.2. The molecular formula is C37H48N3O5S+. The van der Waals surface area contributed by atoms with Crippen LogP contribution in [0.3, 0.4) is 0 Å². The number of hydrogen-bond donors (Lipinski definition) is 1. The number of carbonyl (C=O) groups excluding carboxylic acids is 3. The van der Waals surface area contributed by atoms with E-state index in [1.54, 1.807) is 0 Å². The molecule has 2 aromatic carbocycles. The number of benzene rings is 2. The SMILES string of the molecule is CC(C)[C@@H]1CC[C@@H](C)CC1OC(=O)Cn1c(-c2ccc(OC(=O)CCCCC3SC[C@H]4CC(=O)N[C@@H]34)cc2)[n+](C)c2ccccc21. The summed E-state index contributed by atoms with van der Waals surface area (Å²) in [5.41, 5.74) is 2.91. The van der Waals surface area contributed by atoms with Crippen molar-refractivity contribution in [1.82, 2.24) is 9.88 Å². The van der Waals surface area contributed by atoms with Gasteiger partial charge in [0.05, 0.1) is 12.6 Å². The van der Waals surface area contributed by atoms with Gasteiger partial charge in [-0.15, -0.1) is 0 Å². The van der Waals surface area contributed by atoms with Crippen LogP contribution in [0.2, 0.25) is 0 Å². The van der Waals surface area contributed by atoms with Gasteiger partial charge < -0.3 is 14.8 Å². The van der Waals surface area contributed by atoms with E-state index in [1.807, 2.05) is 65.8 Å². The van der Waals surface area contributed by atoms with Crippen molar-refractivity contribution in [1.29, 1.82) is 0 Å².